The lowest BCUT2D eigenvalue weighted by Gasteiger charge is -2.00. The van der Waals surface area contributed by atoms with Crippen molar-refractivity contribution in [1.29, 1.82) is 0 Å². The van der Waals surface area contributed by atoms with Crippen LogP contribution < -0.4 is 0 Å². The molecule has 2 N–H and O–H groups in total. The Kier molecular flexibility index (Phi) is 4.29. The molecule has 0 radical (unpaired) electrons. The molecule has 0 unspecified atom stereocenters. The molecule has 24 heavy (non-hydrogen) atoms. The fourth-order valence-electron chi connectivity index (χ4n) is 2.64. The van der Waals surface area contributed by atoms with Gasteiger partial charge in [-0.25, -0.2) is 0 Å². The second kappa shape index (κ2) is 6.54. The zero-order chi connectivity index (χ0) is 17.1. The standard InChI is InChI=1S/2C10H9NO/c2*1-7-5-8-3-2-4-11-10(8)9(12)6-7/h2*2-6,12H,1H3. The normalized spacial score (nSPS) is 10.4. The van der Waals surface area contributed by atoms with Crippen molar-refractivity contribution in [3.63, 3.8) is 0 Å². The van der Waals surface area contributed by atoms with Crippen LogP contribution in [0.3, 0.4) is 0 Å². The summed E-state index contributed by atoms with van der Waals surface area (Å²) in [6.45, 7) is 3.90. The van der Waals surface area contributed by atoms with Gasteiger partial charge in [-0.2, -0.15) is 0 Å². The highest BCUT2D eigenvalue weighted by atomic mass is 16.3. The van der Waals surface area contributed by atoms with Crippen molar-refractivity contribution in [3.05, 3.63) is 72.1 Å². The van der Waals surface area contributed by atoms with Gasteiger partial charge >= 0.3 is 0 Å². The lowest BCUT2D eigenvalue weighted by Crippen LogP contribution is -1.80. The molecule has 0 aliphatic heterocycles. The number of aryl methyl sites for hydroxylation is 2. The molecule has 2 aromatic heterocycles. The van der Waals surface area contributed by atoms with Crippen molar-refractivity contribution in [2.24, 2.45) is 0 Å². The van der Waals surface area contributed by atoms with Crippen LogP contribution in [0.4, 0.5) is 0 Å². The average molecular weight is 318 g/mol. The molecule has 0 spiro atoms. The Balaban J connectivity index is 0.000000141. The molecule has 0 atom stereocenters. The quantitative estimate of drug-likeness (QED) is 0.501. The van der Waals surface area contributed by atoms with E-state index >= 15 is 0 Å². The molecular formula is C20H18N2O2. The second-order valence-corrected chi connectivity index (χ2v) is 5.72. The van der Waals surface area contributed by atoms with Gasteiger partial charge in [-0.3, -0.25) is 9.97 Å². The highest BCUT2D eigenvalue weighted by molar-refractivity contribution is 5.85. The van der Waals surface area contributed by atoms with Crippen LogP contribution in [0, 0.1) is 13.8 Å². The molecule has 0 saturated carbocycles. The summed E-state index contributed by atoms with van der Waals surface area (Å²) < 4.78 is 0. The minimum atomic E-state index is 0.255. The van der Waals surface area contributed by atoms with Crippen LogP contribution in [-0.4, -0.2) is 20.2 Å². The van der Waals surface area contributed by atoms with Gasteiger partial charge in [-0.1, -0.05) is 12.1 Å². The molecule has 2 aromatic carbocycles. The first kappa shape index (κ1) is 15.7. The lowest BCUT2D eigenvalue weighted by atomic mass is 10.1. The summed E-state index contributed by atoms with van der Waals surface area (Å²) in [4.78, 5) is 8.14. The number of hydrogen-bond acceptors (Lipinski definition) is 4. The van der Waals surface area contributed by atoms with Gasteiger partial charge in [-0.15, -0.1) is 0 Å². The van der Waals surface area contributed by atoms with Gasteiger partial charge in [-0.05, 0) is 61.4 Å². The molecule has 4 aromatic rings. The number of hydrogen-bond donors (Lipinski definition) is 2. The molecule has 4 heteroatoms. The van der Waals surface area contributed by atoms with Gasteiger partial charge < -0.3 is 10.2 Å². The fourth-order valence-corrected chi connectivity index (χ4v) is 2.64. The highest BCUT2D eigenvalue weighted by Crippen LogP contribution is 2.24. The third-order valence-electron chi connectivity index (χ3n) is 3.66. The van der Waals surface area contributed by atoms with E-state index in [-0.39, 0.29) is 11.5 Å². The molecule has 4 rings (SSSR count). The van der Waals surface area contributed by atoms with E-state index in [1.807, 2.05) is 50.2 Å². The molecule has 0 aliphatic carbocycles. The summed E-state index contributed by atoms with van der Waals surface area (Å²) >= 11 is 0. The molecule has 0 saturated heterocycles. The van der Waals surface area contributed by atoms with Crippen LogP contribution in [0.1, 0.15) is 11.1 Å². The Morgan fingerprint density at radius 3 is 1.50 bits per heavy atom. The van der Waals surface area contributed by atoms with Crippen LogP contribution in [0.5, 0.6) is 11.5 Å². The van der Waals surface area contributed by atoms with E-state index in [9.17, 15) is 10.2 Å². The van der Waals surface area contributed by atoms with Gasteiger partial charge in [0.25, 0.3) is 0 Å². The van der Waals surface area contributed by atoms with E-state index in [0.717, 1.165) is 21.9 Å². The van der Waals surface area contributed by atoms with Crippen molar-refractivity contribution in [2.45, 2.75) is 13.8 Å². The van der Waals surface area contributed by atoms with E-state index in [1.165, 1.54) is 0 Å². The highest BCUT2D eigenvalue weighted by Gasteiger charge is 2.00. The van der Waals surface area contributed by atoms with E-state index in [1.54, 1.807) is 24.5 Å². The van der Waals surface area contributed by atoms with E-state index < -0.39 is 0 Å². The van der Waals surface area contributed by atoms with Crippen LogP contribution in [-0.2, 0) is 0 Å². The molecule has 0 aliphatic rings. The summed E-state index contributed by atoms with van der Waals surface area (Å²) in [5.74, 6) is 0.510. The summed E-state index contributed by atoms with van der Waals surface area (Å²) in [7, 11) is 0. The number of nitrogens with zero attached hydrogens (tertiary/aromatic N) is 2. The SMILES string of the molecule is Cc1cc(O)c2ncccc2c1.Cc1cc(O)c2ncccc2c1. The van der Waals surface area contributed by atoms with Crippen LogP contribution >= 0.6 is 0 Å². The lowest BCUT2D eigenvalue weighted by molar-refractivity contribution is 0.479. The van der Waals surface area contributed by atoms with Gasteiger partial charge in [0, 0.05) is 23.2 Å². The van der Waals surface area contributed by atoms with Crippen molar-refractivity contribution < 1.29 is 10.2 Å². The van der Waals surface area contributed by atoms with E-state index in [2.05, 4.69) is 9.97 Å². The maximum atomic E-state index is 9.49. The zero-order valence-electron chi connectivity index (χ0n) is 13.6. The number of fused-ring (bicyclic) bond motifs is 2. The molecule has 120 valence electrons. The van der Waals surface area contributed by atoms with Gasteiger partial charge in [0.2, 0.25) is 0 Å². The predicted octanol–water partition coefficient (Wildman–Crippen LogP) is 4.50. The van der Waals surface area contributed by atoms with Crippen LogP contribution in [0.2, 0.25) is 0 Å². The number of phenolic OH excluding ortho intramolecular Hbond substituents is 2. The van der Waals surface area contributed by atoms with E-state index in [4.69, 9.17) is 0 Å². The maximum absolute atomic E-state index is 9.49. The molecular weight excluding hydrogens is 300 g/mol. The monoisotopic (exact) mass is 318 g/mol. The number of aromatic nitrogens is 2. The summed E-state index contributed by atoms with van der Waals surface area (Å²) in [6.07, 6.45) is 3.36. The average Bonchev–Trinajstić information content (AvgIpc) is 2.55. The summed E-state index contributed by atoms with van der Waals surface area (Å²) in [5, 5.41) is 20.9. The minimum Gasteiger partial charge on any atom is -0.506 e. The number of benzene rings is 2. The van der Waals surface area contributed by atoms with Crippen molar-refractivity contribution in [3.8, 4) is 11.5 Å². The Hall–Kier alpha value is -3.14. The van der Waals surface area contributed by atoms with Crippen molar-refractivity contribution in [1.82, 2.24) is 9.97 Å². The largest absolute Gasteiger partial charge is 0.506 e. The Bertz CT molecular complexity index is 929. The van der Waals surface area contributed by atoms with Crippen LogP contribution in [0.25, 0.3) is 21.8 Å². The summed E-state index contributed by atoms with van der Waals surface area (Å²) in [6, 6.07) is 15.0. The predicted molar refractivity (Wildman–Crippen MR) is 96.3 cm³/mol. The number of pyridine rings is 2. The fraction of sp³-hybridized carbons (Fsp3) is 0.100. The molecule has 2 heterocycles. The van der Waals surface area contributed by atoms with Crippen molar-refractivity contribution >= 4 is 21.8 Å². The molecule has 0 amide bonds. The zero-order valence-corrected chi connectivity index (χ0v) is 13.6. The number of phenols is 2. The van der Waals surface area contributed by atoms with Gasteiger partial charge in [0.05, 0.1) is 0 Å². The third kappa shape index (κ3) is 3.27. The molecule has 4 nitrogen and oxygen atoms in total. The smallest absolute Gasteiger partial charge is 0.142 e. The molecule has 0 bridgehead atoms. The van der Waals surface area contributed by atoms with Gasteiger partial charge in [0.1, 0.15) is 22.5 Å². The maximum Gasteiger partial charge on any atom is 0.142 e. The molecule has 0 fully saturated rings. The van der Waals surface area contributed by atoms with Crippen LogP contribution in [0.15, 0.2) is 60.9 Å². The Labute approximate surface area is 140 Å². The first-order valence-corrected chi connectivity index (χ1v) is 7.63. The van der Waals surface area contributed by atoms with Gasteiger partial charge in [0.15, 0.2) is 0 Å². The first-order chi connectivity index (χ1) is 11.5. The minimum absolute atomic E-state index is 0.255. The third-order valence-corrected chi connectivity index (χ3v) is 3.66. The van der Waals surface area contributed by atoms with Crippen molar-refractivity contribution in [2.75, 3.05) is 0 Å². The number of aromatic hydroxyl groups is 2. The second-order valence-electron chi connectivity index (χ2n) is 5.72. The van der Waals surface area contributed by atoms with E-state index in [0.29, 0.717) is 11.0 Å². The topological polar surface area (TPSA) is 66.2 Å². The number of rotatable bonds is 0. The Morgan fingerprint density at radius 2 is 1.08 bits per heavy atom. The Morgan fingerprint density at radius 1 is 0.667 bits per heavy atom. The first-order valence-electron chi connectivity index (χ1n) is 7.63. The summed E-state index contributed by atoms with van der Waals surface area (Å²) in [5.41, 5.74) is 3.44.